The highest BCUT2D eigenvalue weighted by Crippen LogP contribution is 2.39. The molecule has 32 heavy (non-hydrogen) atoms. The van der Waals surface area contributed by atoms with E-state index in [1.165, 1.54) is 44.4 Å². The molecule has 0 spiro atoms. The minimum Gasteiger partial charge on any atom is -0.493 e. The molecule has 0 aliphatic carbocycles. The SMILES string of the molecule is COc1cc(/C=C2/SC(=O)N(c3cccc(C(F)(F)F)c3)C2=O)ccc1OC(C)C(=O)O. The molecule has 168 valence electrons. The van der Waals surface area contributed by atoms with Crippen LogP contribution in [0.5, 0.6) is 11.5 Å². The molecule has 1 fully saturated rings. The Morgan fingerprint density at radius 2 is 1.88 bits per heavy atom. The van der Waals surface area contributed by atoms with Gasteiger partial charge < -0.3 is 14.6 Å². The summed E-state index contributed by atoms with van der Waals surface area (Å²) in [4.78, 5) is 36.7. The molecule has 1 aliphatic heterocycles. The lowest BCUT2D eigenvalue weighted by molar-refractivity contribution is -0.144. The summed E-state index contributed by atoms with van der Waals surface area (Å²) in [6.07, 6.45) is -4.36. The Bertz CT molecular complexity index is 1110. The highest BCUT2D eigenvalue weighted by atomic mass is 32.2. The zero-order valence-electron chi connectivity index (χ0n) is 16.7. The van der Waals surface area contributed by atoms with Crippen LogP contribution in [0.1, 0.15) is 18.1 Å². The highest BCUT2D eigenvalue weighted by Gasteiger charge is 2.38. The van der Waals surface area contributed by atoms with Crippen molar-refractivity contribution < 1.29 is 42.1 Å². The van der Waals surface area contributed by atoms with Crippen molar-refractivity contribution >= 4 is 40.6 Å². The van der Waals surface area contributed by atoms with Crippen LogP contribution < -0.4 is 14.4 Å². The molecule has 0 bridgehead atoms. The van der Waals surface area contributed by atoms with Crippen LogP contribution in [0.2, 0.25) is 0 Å². The summed E-state index contributed by atoms with van der Waals surface area (Å²) in [6, 6.07) is 8.38. The maximum absolute atomic E-state index is 13.0. The van der Waals surface area contributed by atoms with Crippen molar-refractivity contribution in [3.8, 4) is 11.5 Å². The van der Waals surface area contributed by atoms with E-state index in [-0.39, 0.29) is 22.1 Å². The number of aliphatic carboxylic acids is 1. The minimum atomic E-state index is -4.62. The van der Waals surface area contributed by atoms with Gasteiger partial charge in [-0.25, -0.2) is 9.69 Å². The maximum Gasteiger partial charge on any atom is 0.416 e. The molecule has 0 aromatic heterocycles. The molecule has 2 aromatic carbocycles. The Kier molecular flexibility index (Phi) is 6.49. The van der Waals surface area contributed by atoms with Crippen molar-refractivity contribution in [3.63, 3.8) is 0 Å². The molecule has 0 saturated carbocycles. The van der Waals surface area contributed by atoms with E-state index in [1.807, 2.05) is 0 Å². The predicted octanol–water partition coefficient (Wildman–Crippen LogP) is 4.81. The van der Waals surface area contributed by atoms with E-state index < -0.39 is 35.0 Å². The van der Waals surface area contributed by atoms with Gasteiger partial charge in [0.05, 0.1) is 23.3 Å². The molecular formula is C21H16F3NO6S. The summed E-state index contributed by atoms with van der Waals surface area (Å²) in [6.45, 7) is 1.35. The number of ether oxygens (including phenoxy) is 2. The summed E-state index contributed by atoms with van der Waals surface area (Å²) < 4.78 is 49.4. The molecule has 1 N–H and O–H groups in total. The van der Waals surface area contributed by atoms with E-state index in [1.54, 1.807) is 0 Å². The van der Waals surface area contributed by atoms with Crippen LogP contribution in [0.4, 0.5) is 23.7 Å². The predicted molar refractivity (Wildman–Crippen MR) is 111 cm³/mol. The van der Waals surface area contributed by atoms with Crippen molar-refractivity contribution in [2.45, 2.75) is 19.2 Å². The van der Waals surface area contributed by atoms with Gasteiger partial charge in [-0.3, -0.25) is 9.59 Å². The van der Waals surface area contributed by atoms with Gasteiger partial charge in [0.15, 0.2) is 17.6 Å². The molecule has 1 heterocycles. The lowest BCUT2D eigenvalue weighted by Gasteiger charge is -2.15. The van der Waals surface area contributed by atoms with Crippen LogP contribution in [0.3, 0.4) is 0 Å². The number of methoxy groups -OCH3 is 1. The van der Waals surface area contributed by atoms with E-state index in [4.69, 9.17) is 14.6 Å². The van der Waals surface area contributed by atoms with Gasteiger partial charge in [-0.1, -0.05) is 12.1 Å². The monoisotopic (exact) mass is 467 g/mol. The third-order valence-electron chi connectivity index (χ3n) is 4.36. The largest absolute Gasteiger partial charge is 0.493 e. The molecule has 11 heteroatoms. The number of rotatable bonds is 6. The number of hydrogen-bond acceptors (Lipinski definition) is 6. The Morgan fingerprint density at radius 1 is 1.16 bits per heavy atom. The molecular weight excluding hydrogens is 451 g/mol. The first-order chi connectivity index (χ1) is 15.0. The van der Waals surface area contributed by atoms with Crippen LogP contribution in [-0.4, -0.2) is 35.4 Å². The van der Waals surface area contributed by atoms with Gasteiger partial charge in [0.2, 0.25) is 0 Å². The van der Waals surface area contributed by atoms with E-state index in [9.17, 15) is 27.6 Å². The second kappa shape index (κ2) is 8.95. The van der Waals surface area contributed by atoms with Crippen LogP contribution in [-0.2, 0) is 15.8 Å². The molecule has 0 radical (unpaired) electrons. The Morgan fingerprint density at radius 3 is 2.50 bits per heavy atom. The fraction of sp³-hybridized carbons (Fsp3) is 0.190. The van der Waals surface area contributed by atoms with Gasteiger partial charge in [0, 0.05) is 0 Å². The molecule has 3 rings (SSSR count). The summed E-state index contributed by atoms with van der Waals surface area (Å²) in [5.74, 6) is -1.57. The number of imide groups is 1. The fourth-order valence-electron chi connectivity index (χ4n) is 2.78. The van der Waals surface area contributed by atoms with Gasteiger partial charge in [-0.15, -0.1) is 0 Å². The Balaban J connectivity index is 1.88. The number of amides is 2. The number of benzene rings is 2. The van der Waals surface area contributed by atoms with Gasteiger partial charge in [-0.2, -0.15) is 13.2 Å². The van der Waals surface area contributed by atoms with Gasteiger partial charge in [-0.05, 0) is 60.7 Å². The molecule has 2 aromatic rings. The summed E-state index contributed by atoms with van der Waals surface area (Å²) in [7, 11) is 1.35. The fourth-order valence-corrected chi connectivity index (χ4v) is 3.62. The van der Waals surface area contributed by atoms with Crippen LogP contribution in [0.15, 0.2) is 47.4 Å². The third kappa shape index (κ3) is 4.88. The van der Waals surface area contributed by atoms with Crippen molar-refractivity contribution in [1.29, 1.82) is 0 Å². The van der Waals surface area contributed by atoms with E-state index >= 15 is 0 Å². The minimum absolute atomic E-state index is 0.00189. The molecule has 1 saturated heterocycles. The zero-order chi connectivity index (χ0) is 23.6. The number of carbonyl (C=O) groups is 3. The van der Waals surface area contributed by atoms with Gasteiger partial charge in [0.1, 0.15) is 0 Å². The van der Waals surface area contributed by atoms with Gasteiger partial charge >= 0.3 is 12.1 Å². The molecule has 7 nitrogen and oxygen atoms in total. The number of halogens is 3. The van der Waals surface area contributed by atoms with Crippen molar-refractivity contribution in [1.82, 2.24) is 0 Å². The van der Waals surface area contributed by atoms with Gasteiger partial charge in [0.25, 0.3) is 11.1 Å². The average molecular weight is 467 g/mol. The number of anilines is 1. The number of thioether (sulfide) groups is 1. The summed E-state index contributed by atoms with van der Waals surface area (Å²) >= 11 is 0.585. The topological polar surface area (TPSA) is 93.1 Å². The molecule has 2 amide bonds. The quantitative estimate of drug-likeness (QED) is 0.610. The molecule has 1 unspecified atom stereocenters. The second-order valence-corrected chi connectivity index (χ2v) is 7.57. The van der Waals surface area contributed by atoms with Crippen LogP contribution >= 0.6 is 11.8 Å². The van der Waals surface area contributed by atoms with E-state index in [0.29, 0.717) is 22.2 Å². The number of carboxylic acids is 1. The first kappa shape index (κ1) is 23.2. The van der Waals surface area contributed by atoms with E-state index in [0.717, 1.165) is 18.2 Å². The lowest BCUT2D eigenvalue weighted by atomic mass is 10.1. The van der Waals surface area contributed by atoms with Crippen molar-refractivity contribution in [2.75, 3.05) is 12.0 Å². The lowest BCUT2D eigenvalue weighted by Crippen LogP contribution is -2.28. The third-order valence-corrected chi connectivity index (χ3v) is 5.23. The number of hydrogen-bond donors (Lipinski definition) is 1. The number of carboxylic acid groups (broad SMARTS) is 1. The van der Waals surface area contributed by atoms with Crippen LogP contribution in [0.25, 0.3) is 6.08 Å². The Hall–Kier alpha value is -3.47. The van der Waals surface area contributed by atoms with Crippen molar-refractivity contribution in [2.24, 2.45) is 0 Å². The summed E-state index contributed by atoms with van der Waals surface area (Å²) in [5, 5.41) is 8.24. The number of nitrogens with zero attached hydrogens (tertiary/aromatic N) is 1. The highest BCUT2D eigenvalue weighted by molar-refractivity contribution is 8.19. The standard InChI is InChI=1S/C21H16F3NO6S/c1-11(19(27)28)31-15-7-6-12(8-16(15)30-2)9-17-18(26)25(20(29)32-17)14-5-3-4-13(10-14)21(22,23)24/h3-11H,1-2H3,(H,27,28)/b17-9+. The Labute approximate surface area is 184 Å². The number of alkyl halides is 3. The first-order valence-corrected chi connectivity index (χ1v) is 9.85. The van der Waals surface area contributed by atoms with Crippen molar-refractivity contribution in [3.05, 3.63) is 58.5 Å². The number of carbonyl (C=O) groups excluding carboxylic acids is 2. The molecule has 1 aliphatic rings. The van der Waals surface area contributed by atoms with Crippen LogP contribution in [0, 0.1) is 0 Å². The smallest absolute Gasteiger partial charge is 0.416 e. The second-order valence-electron chi connectivity index (χ2n) is 6.57. The molecule has 1 atom stereocenters. The summed E-state index contributed by atoms with van der Waals surface area (Å²) in [5.41, 5.74) is -0.727. The average Bonchev–Trinajstić information content (AvgIpc) is 3.01. The first-order valence-electron chi connectivity index (χ1n) is 9.04. The normalized spacial score (nSPS) is 16.4. The zero-order valence-corrected chi connectivity index (χ0v) is 17.5. The maximum atomic E-state index is 13.0. The van der Waals surface area contributed by atoms with E-state index in [2.05, 4.69) is 0 Å².